The highest BCUT2D eigenvalue weighted by Gasteiger charge is 2.39. The molecule has 1 aliphatic rings. The van der Waals surface area contributed by atoms with Crippen LogP contribution in [-0.4, -0.2) is 39.4 Å². The molecule has 192 valence electrons. The Bertz CT molecular complexity index is 1210. The van der Waals surface area contributed by atoms with Crippen LogP contribution in [0.3, 0.4) is 0 Å². The normalized spacial score (nSPS) is 15.4. The number of alkyl halides is 6. The van der Waals surface area contributed by atoms with E-state index >= 15 is 0 Å². The van der Waals surface area contributed by atoms with E-state index in [0.29, 0.717) is 49.1 Å². The monoisotopic (exact) mass is 510 g/mol. The van der Waals surface area contributed by atoms with Crippen LogP contribution in [0, 0.1) is 0 Å². The molecule has 0 bridgehead atoms. The molecule has 2 heterocycles. The molecule has 0 fully saturated rings. The zero-order valence-corrected chi connectivity index (χ0v) is 19.3. The standard InChI is InChI=1S/C25H24F6N4O/c1-15(36)12-32-23-20-14-35(13-16-5-3-2-4-6-16)10-9-18(20)22(33-34-23)19-8-7-17(24(26,27)28)11-21(19)25(29,30)31/h2-8,11,15,36H,9-10,12-14H2,1H3,(H,32,34). The number of hydrogen-bond donors (Lipinski definition) is 2. The molecule has 2 aromatic carbocycles. The minimum absolute atomic E-state index is 0.0898. The van der Waals surface area contributed by atoms with Crippen LogP contribution in [0.2, 0.25) is 0 Å². The molecule has 0 amide bonds. The van der Waals surface area contributed by atoms with Crippen LogP contribution in [0.4, 0.5) is 32.2 Å². The fourth-order valence-electron chi connectivity index (χ4n) is 4.26. The Hall–Kier alpha value is -3.18. The molecule has 1 aromatic heterocycles. The predicted octanol–water partition coefficient (Wildman–Crippen LogP) is 5.53. The van der Waals surface area contributed by atoms with Crippen molar-refractivity contribution in [3.05, 3.63) is 76.3 Å². The summed E-state index contributed by atoms with van der Waals surface area (Å²) in [5.41, 5.74) is -1.17. The van der Waals surface area contributed by atoms with Crippen molar-refractivity contribution >= 4 is 5.82 Å². The summed E-state index contributed by atoms with van der Waals surface area (Å²) in [5.74, 6) is 0.327. The van der Waals surface area contributed by atoms with Crippen LogP contribution in [0.5, 0.6) is 0 Å². The van der Waals surface area contributed by atoms with Gasteiger partial charge in [-0.2, -0.15) is 26.3 Å². The molecular formula is C25H24F6N4O. The molecule has 1 aliphatic heterocycles. The van der Waals surface area contributed by atoms with Crippen LogP contribution < -0.4 is 5.32 Å². The van der Waals surface area contributed by atoms with Gasteiger partial charge in [0.25, 0.3) is 0 Å². The molecule has 4 rings (SSSR count). The van der Waals surface area contributed by atoms with Gasteiger partial charge in [0.1, 0.15) is 0 Å². The summed E-state index contributed by atoms with van der Waals surface area (Å²) in [5, 5.41) is 20.8. The smallest absolute Gasteiger partial charge is 0.392 e. The number of benzene rings is 2. The van der Waals surface area contributed by atoms with Crippen molar-refractivity contribution in [2.24, 2.45) is 0 Å². The van der Waals surface area contributed by atoms with Crippen LogP contribution in [0.1, 0.15) is 34.7 Å². The van der Waals surface area contributed by atoms with Crippen molar-refractivity contribution in [3.63, 3.8) is 0 Å². The lowest BCUT2D eigenvalue weighted by atomic mass is 9.92. The van der Waals surface area contributed by atoms with Crippen molar-refractivity contribution in [1.82, 2.24) is 15.1 Å². The SMILES string of the molecule is CC(O)CNc1nnc(-c2ccc(C(F)(F)F)cc2C(F)(F)F)c2c1CN(Cc1ccccc1)CC2. The molecule has 1 atom stereocenters. The highest BCUT2D eigenvalue weighted by atomic mass is 19.4. The third-order valence-electron chi connectivity index (χ3n) is 5.97. The maximum Gasteiger partial charge on any atom is 0.417 e. The lowest BCUT2D eigenvalue weighted by molar-refractivity contribution is -0.142. The number of halogens is 6. The van der Waals surface area contributed by atoms with Gasteiger partial charge in [-0.15, -0.1) is 10.2 Å². The Labute approximate surface area is 203 Å². The fraction of sp³-hybridized carbons (Fsp3) is 0.360. The van der Waals surface area contributed by atoms with E-state index in [1.54, 1.807) is 6.92 Å². The maximum absolute atomic E-state index is 13.9. The summed E-state index contributed by atoms with van der Waals surface area (Å²) < 4.78 is 81.1. The number of nitrogens with zero attached hydrogens (tertiary/aromatic N) is 3. The molecule has 36 heavy (non-hydrogen) atoms. The number of hydrogen-bond acceptors (Lipinski definition) is 5. The average Bonchev–Trinajstić information content (AvgIpc) is 2.81. The first kappa shape index (κ1) is 25.9. The van der Waals surface area contributed by atoms with Gasteiger partial charge in [-0.3, -0.25) is 4.90 Å². The third kappa shape index (κ3) is 5.79. The van der Waals surface area contributed by atoms with Crippen LogP contribution in [0.25, 0.3) is 11.3 Å². The molecule has 2 N–H and O–H groups in total. The van der Waals surface area contributed by atoms with Crippen LogP contribution >= 0.6 is 0 Å². The zero-order valence-electron chi connectivity index (χ0n) is 19.3. The second-order valence-electron chi connectivity index (χ2n) is 8.79. The highest BCUT2D eigenvalue weighted by Crippen LogP contribution is 2.42. The molecule has 0 radical (unpaired) electrons. The Morgan fingerprint density at radius 1 is 0.972 bits per heavy atom. The summed E-state index contributed by atoms with van der Waals surface area (Å²) in [4.78, 5) is 2.11. The second-order valence-corrected chi connectivity index (χ2v) is 8.79. The van der Waals surface area contributed by atoms with Crippen LogP contribution in [0.15, 0.2) is 48.5 Å². The fourth-order valence-corrected chi connectivity index (χ4v) is 4.26. The van der Waals surface area contributed by atoms with Gasteiger partial charge in [0.2, 0.25) is 0 Å². The summed E-state index contributed by atoms with van der Waals surface area (Å²) in [6.07, 6.45) is -10.3. The minimum Gasteiger partial charge on any atom is -0.392 e. The van der Waals surface area contributed by atoms with Gasteiger partial charge in [0.05, 0.1) is 22.9 Å². The number of fused-ring (bicyclic) bond motifs is 1. The third-order valence-corrected chi connectivity index (χ3v) is 5.97. The van der Waals surface area contributed by atoms with E-state index in [2.05, 4.69) is 20.4 Å². The first-order chi connectivity index (χ1) is 16.9. The number of aliphatic hydroxyl groups is 1. The molecule has 3 aromatic rings. The van der Waals surface area contributed by atoms with E-state index in [-0.39, 0.29) is 18.3 Å². The number of aliphatic hydroxyl groups excluding tert-OH is 1. The van der Waals surface area contributed by atoms with Gasteiger partial charge in [-0.25, -0.2) is 0 Å². The molecular weight excluding hydrogens is 486 g/mol. The van der Waals surface area contributed by atoms with Crippen molar-refractivity contribution in [2.45, 2.75) is 44.9 Å². The molecule has 0 saturated heterocycles. The van der Waals surface area contributed by atoms with E-state index in [1.807, 2.05) is 30.3 Å². The van der Waals surface area contributed by atoms with E-state index in [4.69, 9.17) is 0 Å². The van der Waals surface area contributed by atoms with E-state index in [1.165, 1.54) is 0 Å². The van der Waals surface area contributed by atoms with Gasteiger partial charge in [0.15, 0.2) is 5.82 Å². The molecule has 1 unspecified atom stereocenters. The molecule has 5 nitrogen and oxygen atoms in total. The Morgan fingerprint density at radius 3 is 2.33 bits per heavy atom. The van der Waals surface area contributed by atoms with Crippen molar-refractivity contribution < 1.29 is 31.4 Å². The summed E-state index contributed by atoms with van der Waals surface area (Å²) >= 11 is 0. The van der Waals surface area contributed by atoms with Gasteiger partial charge < -0.3 is 10.4 Å². The van der Waals surface area contributed by atoms with Gasteiger partial charge in [-0.05, 0) is 36.6 Å². The van der Waals surface area contributed by atoms with Gasteiger partial charge in [0, 0.05) is 37.3 Å². The Kier molecular flexibility index (Phi) is 7.24. The van der Waals surface area contributed by atoms with Crippen molar-refractivity contribution in [2.75, 3.05) is 18.4 Å². The number of anilines is 1. The van der Waals surface area contributed by atoms with Gasteiger partial charge >= 0.3 is 12.4 Å². The Morgan fingerprint density at radius 2 is 1.69 bits per heavy atom. The first-order valence-corrected chi connectivity index (χ1v) is 11.3. The van der Waals surface area contributed by atoms with Crippen molar-refractivity contribution in [1.29, 1.82) is 0 Å². The number of nitrogens with one attached hydrogen (secondary N) is 1. The zero-order chi connectivity index (χ0) is 26.1. The molecule has 0 spiro atoms. The molecule has 11 heteroatoms. The topological polar surface area (TPSA) is 61.3 Å². The Balaban J connectivity index is 1.79. The van der Waals surface area contributed by atoms with Crippen LogP contribution in [-0.2, 0) is 31.9 Å². The minimum atomic E-state index is -5.03. The average molecular weight is 510 g/mol. The number of rotatable bonds is 6. The largest absolute Gasteiger partial charge is 0.417 e. The first-order valence-electron chi connectivity index (χ1n) is 11.3. The summed E-state index contributed by atoms with van der Waals surface area (Å²) in [6.45, 7) is 3.17. The second kappa shape index (κ2) is 10.1. The quantitative estimate of drug-likeness (QED) is 0.427. The summed E-state index contributed by atoms with van der Waals surface area (Å²) in [6, 6.07) is 11.2. The lowest BCUT2D eigenvalue weighted by Crippen LogP contribution is -2.32. The van der Waals surface area contributed by atoms with E-state index in [9.17, 15) is 31.4 Å². The van der Waals surface area contributed by atoms with Crippen molar-refractivity contribution in [3.8, 4) is 11.3 Å². The molecule has 0 aliphatic carbocycles. The maximum atomic E-state index is 13.9. The summed E-state index contributed by atoms with van der Waals surface area (Å²) in [7, 11) is 0. The molecule has 0 saturated carbocycles. The van der Waals surface area contributed by atoms with E-state index < -0.39 is 35.1 Å². The van der Waals surface area contributed by atoms with Gasteiger partial charge in [-0.1, -0.05) is 36.4 Å². The van der Waals surface area contributed by atoms with E-state index in [0.717, 1.165) is 11.6 Å². The lowest BCUT2D eigenvalue weighted by Gasteiger charge is -2.31. The highest BCUT2D eigenvalue weighted by molar-refractivity contribution is 5.71. The predicted molar refractivity (Wildman–Crippen MR) is 122 cm³/mol. The number of aromatic nitrogens is 2.